The van der Waals surface area contributed by atoms with Crippen LogP contribution in [0.3, 0.4) is 0 Å². The molecule has 154 valence electrons. The van der Waals surface area contributed by atoms with E-state index < -0.39 is 5.41 Å². The third-order valence-electron chi connectivity index (χ3n) is 3.83. The fourth-order valence-corrected chi connectivity index (χ4v) is 2.48. The number of carbonyl (C=O) groups is 3. The molecule has 8 heteroatoms. The van der Waals surface area contributed by atoms with Crippen LogP contribution in [0.15, 0.2) is 53.0 Å². The summed E-state index contributed by atoms with van der Waals surface area (Å²) in [5.41, 5.74) is 1.32. The van der Waals surface area contributed by atoms with E-state index in [0.29, 0.717) is 17.1 Å². The molecule has 4 amide bonds. The van der Waals surface area contributed by atoms with Gasteiger partial charge in [0.2, 0.25) is 11.8 Å². The molecule has 0 saturated heterocycles. The molecule has 0 aliphatic heterocycles. The molecule has 0 aromatic heterocycles. The second kappa shape index (κ2) is 10.1. The van der Waals surface area contributed by atoms with E-state index in [1.165, 1.54) is 0 Å². The van der Waals surface area contributed by atoms with E-state index in [9.17, 15) is 14.4 Å². The van der Waals surface area contributed by atoms with Gasteiger partial charge in [-0.15, -0.1) is 0 Å². The highest BCUT2D eigenvalue weighted by molar-refractivity contribution is 9.10. The zero-order valence-electron chi connectivity index (χ0n) is 16.6. The first-order chi connectivity index (χ1) is 13.6. The standard InChI is InChI=1S/C21H25BrN4O3/c1-21(2,3)19(28)25-17-6-4-5-16(13-17)24-18(27)11-12-23-20(29)26-15-9-7-14(22)8-10-15/h4-10,13H,11-12H2,1-3H3,(H,24,27)(H,25,28)(H2,23,26,29). The number of benzene rings is 2. The number of rotatable bonds is 6. The van der Waals surface area contributed by atoms with Gasteiger partial charge in [-0.05, 0) is 42.5 Å². The molecule has 0 spiro atoms. The van der Waals surface area contributed by atoms with E-state index in [-0.39, 0.29) is 30.8 Å². The number of anilines is 3. The summed E-state index contributed by atoms with van der Waals surface area (Å²) in [6.45, 7) is 5.67. The Kier molecular flexibility index (Phi) is 7.78. The van der Waals surface area contributed by atoms with Gasteiger partial charge in [-0.1, -0.05) is 42.8 Å². The molecule has 2 aromatic carbocycles. The third-order valence-corrected chi connectivity index (χ3v) is 4.35. The first-order valence-electron chi connectivity index (χ1n) is 9.15. The third kappa shape index (κ3) is 7.95. The summed E-state index contributed by atoms with van der Waals surface area (Å²) >= 11 is 3.33. The van der Waals surface area contributed by atoms with Gasteiger partial charge in [-0.2, -0.15) is 0 Å². The highest BCUT2D eigenvalue weighted by Gasteiger charge is 2.21. The summed E-state index contributed by atoms with van der Waals surface area (Å²) < 4.78 is 0.919. The van der Waals surface area contributed by atoms with Gasteiger partial charge >= 0.3 is 6.03 Å². The number of nitrogens with one attached hydrogen (secondary N) is 4. The van der Waals surface area contributed by atoms with Crippen molar-refractivity contribution in [2.24, 2.45) is 5.41 Å². The van der Waals surface area contributed by atoms with E-state index in [2.05, 4.69) is 37.2 Å². The van der Waals surface area contributed by atoms with Gasteiger partial charge in [0.05, 0.1) is 0 Å². The molecule has 29 heavy (non-hydrogen) atoms. The van der Waals surface area contributed by atoms with Crippen LogP contribution < -0.4 is 21.3 Å². The Labute approximate surface area is 178 Å². The number of carbonyl (C=O) groups excluding carboxylic acids is 3. The Bertz CT molecular complexity index is 876. The maximum absolute atomic E-state index is 12.1. The lowest BCUT2D eigenvalue weighted by Crippen LogP contribution is -2.31. The summed E-state index contributed by atoms with van der Waals surface area (Å²) in [5, 5.41) is 10.9. The van der Waals surface area contributed by atoms with Crippen molar-refractivity contribution in [2.45, 2.75) is 27.2 Å². The average molecular weight is 461 g/mol. The molecule has 0 saturated carbocycles. The fraction of sp³-hybridized carbons (Fsp3) is 0.286. The molecular formula is C21H25BrN4O3. The molecule has 4 N–H and O–H groups in total. The lowest BCUT2D eigenvalue weighted by atomic mass is 9.95. The highest BCUT2D eigenvalue weighted by Crippen LogP contribution is 2.20. The molecular weight excluding hydrogens is 436 g/mol. The van der Waals surface area contributed by atoms with E-state index >= 15 is 0 Å². The van der Waals surface area contributed by atoms with Crippen molar-refractivity contribution in [1.29, 1.82) is 0 Å². The topological polar surface area (TPSA) is 99.3 Å². The molecule has 2 rings (SSSR count). The number of halogens is 1. The van der Waals surface area contributed by atoms with E-state index in [1.807, 2.05) is 32.9 Å². The van der Waals surface area contributed by atoms with Crippen LogP contribution in [0, 0.1) is 5.41 Å². The Morgan fingerprint density at radius 1 is 0.862 bits per heavy atom. The summed E-state index contributed by atoms with van der Waals surface area (Å²) in [7, 11) is 0. The van der Waals surface area contributed by atoms with Crippen LogP contribution in [0.2, 0.25) is 0 Å². The van der Waals surface area contributed by atoms with Gasteiger partial charge < -0.3 is 21.3 Å². The minimum absolute atomic E-state index is 0.109. The van der Waals surface area contributed by atoms with E-state index in [1.54, 1.807) is 36.4 Å². The largest absolute Gasteiger partial charge is 0.337 e. The summed E-state index contributed by atoms with van der Waals surface area (Å²) in [6, 6.07) is 13.7. The second-order valence-corrected chi connectivity index (χ2v) is 8.39. The quantitative estimate of drug-likeness (QED) is 0.507. The van der Waals surface area contributed by atoms with Gasteiger partial charge in [0.15, 0.2) is 0 Å². The number of hydrogen-bond donors (Lipinski definition) is 4. The monoisotopic (exact) mass is 460 g/mol. The first-order valence-corrected chi connectivity index (χ1v) is 9.94. The minimum Gasteiger partial charge on any atom is -0.337 e. The zero-order valence-corrected chi connectivity index (χ0v) is 18.2. The molecule has 0 atom stereocenters. The minimum atomic E-state index is -0.512. The lowest BCUT2D eigenvalue weighted by molar-refractivity contribution is -0.123. The summed E-state index contributed by atoms with van der Waals surface area (Å²) in [5.74, 6) is -0.352. The van der Waals surface area contributed by atoms with Crippen LogP contribution in [-0.2, 0) is 9.59 Å². The number of urea groups is 1. The van der Waals surface area contributed by atoms with Gasteiger partial charge in [0.25, 0.3) is 0 Å². The SMILES string of the molecule is CC(C)(C)C(=O)Nc1cccc(NC(=O)CCNC(=O)Nc2ccc(Br)cc2)c1. The Hall–Kier alpha value is -2.87. The maximum atomic E-state index is 12.1. The van der Waals surface area contributed by atoms with Crippen LogP contribution in [0.25, 0.3) is 0 Å². The molecule has 0 aliphatic rings. The van der Waals surface area contributed by atoms with Gasteiger partial charge in [-0.3, -0.25) is 9.59 Å². The van der Waals surface area contributed by atoms with Crippen molar-refractivity contribution in [3.05, 3.63) is 53.0 Å². The van der Waals surface area contributed by atoms with Crippen LogP contribution >= 0.6 is 15.9 Å². The van der Waals surface area contributed by atoms with Crippen molar-refractivity contribution in [3.8, 4) is 0 Å². The average Bonchev–Trinajstić information content (AvgIpc) is 2.63. The van der Waals surface area contributed by atoms with Crippen LogP contribution in [0.1, 0.15) is 27.2 Å². The summed E-state index contributed by atoms with van der Waals surface area (Å²) in [6.07, 6.45) is 0.117. The number of amides is 4. The molecule has 0 fully saturated rings. The van der Waals surface area contributed by atoms with Crippen molar-refractivity contribution in [3.63, 3.8) is 0 Å². The molecule has 0 bridgehead atoms. The molecule has 0 heterocycles. The van der Waals surface area contributed by atoms with E-state index in [4.69, 9.17) is 0 Å². The van der Waals surface area contributed by atoms with Gasteiger partial charge in [-0.25, -0.2) is 4.79 Å². The van der Waals surface area contributed by atoms with Gasteiger partial charge in [0.1, 0.15) is 0 Å². The van der Waals surface area contributed by atoms with Crippen molar-refractivity contribution in [1.82, 2.24) is 5.32 Å². The van der Waals surface area contributed by atoms with Gasteiger partial charge in [0, 0.05) is 39.9 Å². The summed E-state index contributed by atoms with van der Waals surface area (Å²) in [4.78, 5) is 36.0. The van der Waals surface area contributed by atoms with Crippen LogP contribution in [0.5, 0.6) is 0 Å². The molecule has 7 nitrogen and oxygen atoms in total. The predicted octanol–water partition coefficient (Wildman–Crippen LogP) is 4.58. The predicted molar refractivity (Wildman–Crippen MR) is 119 cm³/mol. The van der Waals surface area contributed by atoms with Crippen LogP contribution in [-0.4, -0.2) is 24.4 Å². The van der Waals surface area contributed by atoms with E-state index in [0.717, 1.165) is 4.47 Å². The molecule has 0 radical (unpaired) electrons. The normalized spacial score (nSPS) is 10.8. The highest BCUT2D eigenvalue weighted by atomic mass is 79.9. The lowest BCUT2D eigenvalue weighted by Gasteiger charge is -2.18. The Morgan fingerprint density at radius 2 is 1.48 bits per heavy atom. The molecule has 2 aromatic rings. The Morgan fingerprint density at radius 3 is 2.10 bits per heavy atom. The maximum Gasteiger partial charge on any atom is 0.319 e. The van der Waals surface area contributed by atoms with Crippen molar-refractivity contribution >= 4 is 50.8 Å². The fourth-order valence-electron chi connectivity index (χ4n) is 2.21. The molecule has 0 aliphatic carbocycles. The zero-order chi connectivity index (χ0) is 21.4. The number of hydrogen-bond acceptors (Lipinski definition) is 3. The molecule has 0 unspecified atom stereocenters. The first kappa shape index (κ1) is 22.4. The van der Waals surface area contributed by atoms with Crippen molar-refractivity contribution in [2.75, 3.05) is 22.5 Å². The van der Waals surface area contributed by atoms with Crippen molar-refractivity contribution < 1.29 is 14.4 Å². The second-order valence-electron chi connectivity index (χ2n) is 7.47. The van der Waals surface area contributed by atoms with Crippen LogP contribution in [0.4, 0.5) is 21.9 Å². The smallest absolute Gasteiger partial charge is 0.319 e. The Balaban J connectivity index is 1.77.